The topological polar surface area (TPSA) is 84.1 Å². The molecule has 1 aromatic heterocycles. The number of nitrogens with one attached hydrogen (secondary N) is 1. The lowest BCUT2D eigenvalue weighted by molar-refractivity contribution is -0.125. The zero-order valence-electron chi connectivity index (χ0n) is 10.8. The number of aromatic nitrogens is 2. The molecule has 0 saturated carbocycles. The Morgan fingerprint density at radius 3 is 2.58 bits per heavy atom. The summed E-state index contributed by atoms with van der Waals surface area (Å²) in [7, 11) is 1.68. The van der Waals surface area contributed by atoms with Gasteiger partial charge in [0.2, 0.25) is 5.91 Å². The number of anilines is 1. The number of hydrogen-bond acceptors (Lipinski definition) is 5. The van der Waals surface area contributed by atoms with Crippen LogP contribution in [0.15, 0.2) is 12.4 Å². The molecule has 7 heteroatoms. The van der Waals surface area contributed by atoms with E-state index in [-0.39, 0.29) is 16.8 Å². The van der Waals surface area contributed by atoms with Gasteiger partial charge in [-0.2, -0.15) is 0 Å². The van der Waals surface area contributed by atoms with Crippen molar-refractivity contribution >= 4 is 28.9 Å². The maximum absolute atomic E-state index is 11.5. The van der Waals surface area contributed by atoms with Gasteiger partial charge in [-0.3, -0.25) is 4.79 Å². The molecule has 1 fully saturated rings. The van der Waals surface area contributed by atoms with E-state index in [9.17, 15) is 4.79 Å². The van der Waals surface area contributed by atoms with Gasteiger partial charge < -0.3 is 16.0 Å². The fraction of sp³-hybridized carbons (Fsp3) is 0.500. The standard InChI is InChI=1S/C12H17N5OS/c1-14-12(18)8-2-4-17(5-3-8)10-7-15-9(6-16-10)11(13)19/h6-8H,2-5H2,1H3,(H2,13,19)(H,14,18). The highest BCUT2D eigenvalue weighted by atomic mass is 32.1. The normalized spacial score (nSPS) is 16.2. The Morgan fingerprint density at radius 1 is 1.42 bits per heavy atom. The van der Waals surface area contributed by atoms with Crippen LogP contribution in [0.4, 0.5) is 5.82 Å². The molecule has 3 N–H and O–H groups in total. The summed E-state index contributed by atoms with van der Waals surface area (Å²) in [5.41, 5.74) is 6.01. The number of rotatable bonds is 3. The highest BCUT2D eigenvalue weighted by Gasteiger charge is 2.24. The number of carbonyl (C=O) groups is 1. The second-order valence-corrected chi connectivity index (χ2v) is 4.94. The molecule has 0 radical (unpaired) electrons. The average Bonchev–Trinajstić information content (AvgIpc) is 2.46. The highest BCUT2D eigenvalue weighted by Crippen LogP contribution is 2.21. The van der Waals surface area contributed by atoms with Gasteiger partial charge in [-0.1, -0.05) is 12.2 Å². The lowest BCUT2D eigenvalue weighted by atomic mass is 9.96. The monoisotopic (exact) mass is 279 g/mol. The van der Waals surface area contributed by atoms with Gasteiger partial charge in [0, 0.05) is 26.1 Å². The van der Waals surface area contributed by atoms with E-state index in [1.807, 2.05) is 0 Å². The third-order valence-electron chi connectivity index (χ3n) is 3.33. The van der Waals surface area contributed by atoms with Gasteiger partial charge in [0.25, 0.3) is 0 Å². The first-order chi connectivity index (χ1) is 9.11. The lowest BCUT2D eigenvalue weighted by Crippen LogP contribution is -2.40. The Balaban J connectivity index is 1.97. The molecule has 0 atom stereocenters. The molecule has 6 nitrogen and oxygen atoms in total. The van der Waals surface area contributed by atoms with E-state index < -0.39 is 0 Å². The van der Waals surface area contributed by atoms with E-state index in [1.165, 1.54) is 0 Å². The van der Waals surface area contributed by atoms with Crippen LogP contribution < -0.4 is 16.0 Å². The molecule has 1 saturated heterocycles. The molecule has 1 aromatic rings. The number of thiocarbonyl (C=S) groups is 1. The van der Waals surface area contributed by atoms with Crippen LogP contribution in [0.3, 0.4) is 0 Å². The van der Waals surface area contributed by atoms with Gasteiger partial charge >= 0.3 is 0 Å². The Kier molecular flexibility index (Phi) is 4.26. The number of amides is 1. The summed E-state index contributed by atoms with van der Waals surface area (Å²) in [5.74, 6) is 1.02. The van der Waals surface area contributed by atoms with Crippen LogP contribution in [0.25, 0.3) is 0 Å². The molecular weight excluding hydrogens is 262 g/mol. The van der Waals surface area contributed by atoms with E-state index >= 15 is 0 Å². The summed E-state index contributed by atoms with van der Waals surface area (Å²) < 4.78 is 0. The van der Waals surface area contributed by atoms with Crippen molar-refractivity contribution in [2.75, 3.05) is 25.0 Å². The quantitative estimate of drug-likeness (QED) is 0.762. The number of hydrogen-bond donors (Lipinski definition) is 2. The highest BCUT2D eigenvalue weighted by molar-refractivity contribution is 7.80. The molecule has 1 aliphatic heterocycles. The van der Waals surface area contributed by atoms with Gasteiger partial charge in [-0.15, -0.1) is 0 Å². The lowest BCUT2D eigenvalue weighted by Gasteiger charge is -2.31. The molecule has 102 valence electrons. The first-order valence-electron chi connectivity index (χ1n) is 6.20. The maximum Gasteiger partial charge on any atom is 0.222 e. The second kappa shape index (κ2) is 5.92. The zero-order chi connectivity index (χ0) is 13.8. The van der Waals surface area contributed by atoms with Gasteiger partial charge in [-0.05, 0) is 12.8 Å². The molecule has 0 spiro atoms. The summed E-state index contributed by atoms with van der Waals surface area (Å²) in [6.07, 6.45) is 4.92. The Labute approximate surface area is 117 Å². The minimum Gasteiger partial charge on any atom is -0.388 e. The number of nitrogens with two attached hydrogens (primary N) is 1. The maximum atomic E-state index is 11.5. The fourth-order valence-corrected chi connectivity index (χ4v) is 2.29. The van der Waals surface area contributed by atoms with Crippen LogP contribution in [0.1, 0.15) is 18.5 Å². The molecule has 2 heterocycles. The van der Waals surface area contributed by atoms with Crippen molar-refractivity contribution in [1.82, 2.24) is 15.3 Å². The Morgan fingerprint density at radius 2 is 2.11 bits per heavy atom. The number of nitrogens with zero attached hydrogens (tertiary/aromatic N) is 3. The smallest absolute Gasteiger partial charge is 0.222 e. The zero-order valence-corrected chi connectivity index (χ0v) is 11.6. The molecule has 1 amide bonds. The summed E-state index contributed by atoms with van der Waals surface area (Å²) in [6, 6.07) is 0. The molecule has 0 unspecified atom stereocenters. The summed E-state index contributed by atoms with van der Waals surface area (Å²) in [6.45, 7) is 1.61. The molecule has 0 bridgehead atoms. The van der Waals surface area contributed by atoms with E-state index in [2.05, 4.69) is 20.2 Å². The first-order valence-corrected chi connectivity index (χ1v) is 6.61. The van der Waals surface area contributed by atoms with Gasteiger partial charge in [0.1, 0.15) is 16.5 Å². The summed E-state index contributed by atoms with van der Waals surface area (Å²) in [4.78, 5) is 22.4. The predicted octanol–water partition coefficient (Wildman–Crippen LogP) is 0.0732. The van der Waals surface area contributed by atoms with Crippen molar-refractivity contribution in [2.45, 2.75) is 12.8 Å². The van der Waals surface area contributed by atoms with E-state index in [0.29, 0.717) is 5.69 Å². The molecule has 0 aromatic carbocycles. The van der Waals surface area contributed by atoms with E-state index in [0.717, 1.165) is 31.7 Å². The molecule has 2 rings (SSSR count). The average molecular weight is 279 g/mol. The van der Waals surface area contributed by atoms with Crippen molar-refractivity contribution in [3.63, 3.8) is 0 Å². The number of piperidine rings is 1. The Bertz CT molecular complexity index is 468. The van der Waals surface area contributed by atoms with Crippen LogP contribution in [-0.4, -0.2) is 41.0 Å². The first kappa shape index (κ1) is 13.7. The van der Waals surface area contributed by atoms with Gasteiger partial charge in [0.05, 0.1) is 12.4 Å². The van der Waals surface area contributed by atoms with E-state index in [1.54, 1.807) is 19.4 Å². The molecule has 19 heavy (non-hydrogen) atoms. The minimum atomic E-state index is 0.102. The van der Waals surface area contributed by atoms with Crippen LogP contribution in [-0.2, 0) is 4.79 Å². The Hall–Kier alpha value is -1.76. The minimum absolute atomic E-state index is 0.102. The third-order valence-corrected chi connectivity index (χ3v) is 3.54. The van der Waals surface area contributed by atoms with Crippen molar-refractivity contribution < 1.29 is 4.79 Å². The molecule has 0 aliphatic carbocycles. The van der Waals surface area contributed by atoms with Crippen LogP contribution in [0.5, 0.6) is 0 Å². The predicted molar refractivity (Wildman–Crippen MR) is 76.9 cm³/mol. The summed E-state index contributed by atoms with van der Waals surface area (Å²) >= 11 is 4.84. The van der Waals surface area contributed by atoms with Gasteiger partial charge in [0.15, 0.2) is 0 Å². The summed E-state index contributed by atoms with van der Waals surface area (Å²) in [5, 5.41) is 2.70. The molecular formula is C12H17N5OS. The van der Waals surface area contributed by atoms with Crippen molar-refractivity contribution in [3.05, 3.63) is 18.1 Å². The van der Waals surface area contributed by atoms with E-state index in [4.69, 9.17) is 18.0 Å². The SMILES string of the molecule is CNC(=O)C1CCN(c2cnc(C(N)=S)cn2)CC1. The number of carbonyl (C=O) groups excluding carboxylic acids is 1. The second-order valence-electron chi connectivity index (χ2n) is 4.50. The molecule has 1 aliphatic rings. The van der Waals surface area contributed by atoms with Crippen LogP contribution in [0.2, 0.25) is 0 Å². The van der Waals surface area contributed by atoms with Crippen LogP contribution >= 0.6 is 12.2 Å². The fourth-order valence-electron chi connectivity index (χ4n) is 2.19. The van der Waals surface area contributed by atoms with Crippen molar-refractivity contribution in [1.29, 1.82) is 0 Å². The third kappa shape index (κ3) is 3.17. The largest absolute Gasteiger partial charge is 0.388 e. The van der Waals surface area contributed by atoms with Crippen molar-refractivity contribution in [3.8, 4) is 0 Å². The van der Waals surface area contributed by atoms with Gasteiger partial charge in [-0.25, -0.2) is 9.97 Å². The van der Waals surface area contributed by atoms with Crippen LogP contribution in [0, 0.1) is 5.92 Å². The van der Waals surface area contributed by atoms with Crippen molar-refractivity contribution in [2.24, 2.45) is 11.7 Å².